The van der Waals surface area contributed by atoms with Gasteiger partial charge in [-0.25, -0.2) is 9.78 Å². The van der Waals surface area contributed by atoms with E-state index in [1.807, 2.05) is 0 Å². The number of aromatic nitrogens is 3. The van der Waals surface area contributed by atoms with Crippen LogP contribution < -0.4 is 11.3 Å². The summed E-state index contributed by atoms with van der Waals surface area (Å²) in [4.78, 5) is 32.8. The molecule has 9 heteroatoms. The van der Waals surface area contributed by atoms with Crippen molar-refractivity contribution in [3.05, 3.63) is 86.3 Å². The monoisotopic (exact) mass is 440 g/mol. The third-order valence-electron chi connectivity index (χ3n) is 4.62. The Morgan fingerprint density at radius 1 is 1.10 bits per heavy atom. The van der Waals surface area contributed by atoms with Gasteiger partial charge < -0.3 is 10.8 Å². The average Bonchev–Trinajstić information content (AvgIpc) is 2.71. The van der Waals surface area contributed by atoms with E-state index in [1.165, 1.54) is 22.9 Å². The molecule has 4 rings (SSSR count). The number of hydrogen-bond acceptors (Lipinski definition) is 5. The molecular formula is C21H14Cl2N4O3. The summed E-state index contributed by atoms with van der Waals surface area (Å²) < 4.78 is 1.44. The molecule has 2 aromatic carbocycles. The number of anilines is 1. The Balaban J connectivity index is 1.95. The number of nitrogens with two attached hydrogens (primary N) is 1. The summed E-state index contributed by atoms with van der Waals surface area (Å²) in [6, 6.07) is 12.9. The number of pyridine rings is 1. The molecule has 0 bridgehead atoms. The molecule has 0 aliphatic heterocycles. The van der Waals surface area contributed by atoms with E-state index in [0.717, 1.165) is 0 Å². The summed E-state index contributed by atoms with van der Waals surface area (Å²) in [5, 5.41) is 10.3. The summed E-state index contributed by atoms with van der Waals surface area (Å²) in [5.74, 6) is -1.000. The lowest BCUT2D eigenvalue weighted by molar-refractivity contribution is 0.0697. The van der Waals surface area contributed by atoms with E-state index in [1.54, 1.807) is 36.4 Å². The Morgan fingerprint density at radius 2 is 1.77 bits per heavy atom. The Morgan fingerprint density at radius 3 is 2.40 bits per heavy atom. The van der Waals surface area contributed by atoms with Crippen LogP contribution in [0.4, 0.5) is 5.95 Å². The van der Waals surface area contributed by atoms with E-state index in [-0.39, 0.29) is 23.6 Å². The van der Waals surface area contributed by atoms with Gasteiger partial charge in [0.15, 0.2) is 0 Å². The molecule has 4 aromatic rings. The van der Waals surface area contributed by atoms with Crippen molar-refractivity contribution >= 4 is 46.2 Å². The van der Waals surface area contributed by atoms with E-state index in [4.69, 9.17) is 34.0 Å². The topological polar surface area (TPSA) is 111 Å². The summed E-state index contributed by atoms with van der Waals surface area (Å²) in [5.41, 5.74) is 7.31. The molecule has 150 valence electrons. The highest BCUT2D eigenvalue weighted by atomic mass is 35.5. The van der Waals surface area contributed by atoms with Crippen LogP contribution in [-0.2, 0) is 6.54 Å². The lowest BCUT2D eigenvalue weighted by atomic mass is 10.1. The third-order valence-corrected chi connectivity index (χ3v) is 5.25. The molecule has 2 aromatic heterocycles. The third kappa shape index (κ3) is 3.60. The van der Waals surface area contributed by atoms with E-state index in [9.17, 15) is 9.59 Å². The van der Waals surface area contributed by atoms with Crippen LogP contribution in [-0.4, -0.2) is 25.6 Å². The Kier molecular flexibility index (Phi) is 5.15. The number of aromatic carboxylic acids is 1. The highest BCUT2D eigenvalue weighted by molar-refractivity contribution is 6.39. The maximum absolute atomic E-state index is 13.4. The van der Waals surface area contributed by atoms with E-state index >= 15 is 0 Å². The minimum Gasteiger partial charge on any atom is -0.478 e. The molecule has 7 nitrogen and oxygen atoms in total. The summed E-state index contributed by atoms with van der Waals surface area (Å²) in [7, 11) is 0. The van der Waals surface area contributed by atoms with Crippen LogP contribution in [0.25, 0.3) is 22.2 Å². The van der Waals surface area contributed by atoms with Crippen LogP contribution in [0.1, 0.15) is 15.9 Å². The van der Waals surface area contributed by atoms with Crippen molar-refractivity contribution in [3.8, 4) is 11.1 Å². The molecule has 0 amide bonds. The van der Waals surface area contributed by atoms with Gasteiger partial charge in [0.25, 0.3) is 5.56 Å². The Labute approximate surface area is 180 Å². The number of carbonyl (C=O) groups is 1. The van der Waals surface area contributed by atoms with Gasteiger partial charge in [-0.15, -0.1) is 0 Å². The van der Waals surface area contributed by atoms with Crippen molar-refractivity contribution in [2.45, 2.75) is 6.54 Å². The standard InChI is InChI=1S/C21H14Cl2N4O3/c22-15-2-1-3-16(23)17(15)14-8-13-9-25-21(24)26-18(13)27(19(14)28)10-11-4-6-12(7-5-11)20(29)30/h1-9H,10H2,(H,29,30)(H2,24,25,26). The van der Waals surface area contributed by atoms with Crippen molar-refractivity contribution in [2.75, 3.05) is 5.73 Å². The van der Waals surface area contributed by atoms with Crippen molar-refractivity contribution in [1.29, 1.82) is 0 Å². The normalized spacial score (nSPS) is 11.0. The predicted molar refractivity (Wildman–Crippen MR) is 116 cm³/mol. The fourth-order valence-corrected chi connectivity index (χ4v) is 3.79. The minimum absolute atomic E-state index is 0.0281. The number of fused-ring (bicyclic) bond motifs is 1. The molecule has 0 atom stereocenters. The molecule has 0 radical (unpaired) electrons. The largest absolute Gasteiger partial charge is 0.478 e. The van der Waals surface area contributed by atoms with Gasteiger partial charge in [0.05, 0.1) is 27.7 Å². The van der Waals surface area contributed by atoms with Crippen LogP contribution in [0.15, 0.2) is 59.5 Å². The Bertz CT molecular complexity index is 1330. The van der Waals surface area contributed by atoms with Gasteiger partial charge in [0.2, 0.25) is 5.95 Å². The second kappa shape index (κ2) is 7.78. The number of rotatable bonds is 4. The van der Waals surface area contributed by atoms with Crippen molar-refractivity contribution < 1.29 is 9.90 Å². The Hall–Kier alpha value is -3.42. The zero-order valence-electron chi connectivity index (χ0n) is 15.3. The number of nitrogens with zero attached hydrogens (tertiary/aromatic N) is 3. The number of carboxylic acid groups (broad SMARTS) is 1. The molecule has 30 heavy (non-hydrogen) atoms. The molecule has 0 aliphatic carbocycles. The minimum atomic E-state index is -1.03. The van der Waals surface area contributed by atoms with Crippen LogP contribution >= 0.6 is 23.2 Å². The SMILES string of the molecule is Nc1ncc2cc(-c3c(Cl)cccc3Cl)c(=O)n(Cc3ccc(C(=O)O)cc3)c2n1. The molecule has 0 fully saturated rings. The van der Waals surface area contributed by atoms with Gasteiger partial charge in [-0.3, -0.25) is 9.36 Å². The molecule has 2 heterocycles. The van der Waals surface area contributed by atoms with Crippen LogP contribution in [0, 0.1) is 0 Å². The van der Waals surface area contributed by atoms with Crippen molar-refractivity contribution in [3.63, 3.8) is 0 Å². The smallest absolute Gasteiger partial charge is 0.335 e. The highest BCUT2D eigenvalue weighted by Crippen LogP contribution is 2.33. The van der Waals surface area contributed by atoms with Crippen molar-refractivity contribution in [1.82, 2.24) is 14.5 Å². The van der Waals surface area contributed by atoms with Gasteiger partial charge in [-0.1, -0.05) is 41.4 Å². The zero-order valence-corrected chi connectivity index (χ0v) is 16.9. The van der Waals surface area contributed by atoms with Gasteiger partial charge in [-0.05, 0) is 35.9 Å². The number of benzene rings is 2. The summed E-state index contributed by atoms with van der Waals surface area (Å²) >= 11 is 12.7. The number of hydrogen-bond donors (Lipinski definition) is 2. The van der Waals surface area contributed by atoms with E-state index < -0.39 is 5.97 Å². The lowest BCUT2D eigenvalue weighted by Gasteiger charge is -2.14. The molecule has 0 spiro atoms. The highest BCUT2D eigenvalue weighted by Gasteiger charge is 2.18. The van der Waals surface area contributed by atoms with Crippen molar-refractivity contribution in [2.24, 2.45) is 0 Å². The van der Waals surface area contributed by atoms with Gasteiger partial charge in [0.1, 0.15) is 5.65 Å². The van der Waals surface area contributed by atoms with E-state index in [0.29, 0.717) is 37.8 Å². The number of halogens is 2. The lowest BCUT2D eigenvalue weighted by Crippen LogP contribution is -2.24. The summed E-state index contributed by atoms with van der Waals surface area (Å²) in [6.07, 6.45) is 1.52. The molecule has 0 saturated carbocycles. The maximum atomic E-state index is 13.4. The first-order valence-corrected chi connectivity index (χ1v) is 9.53. The molecule has 0 aliphatic rings. The molecule has 0 unspecified atom stereocenters. The van der Waals surface area contributed by atoms with Gasteiger partial charge >= 0.3 is 5.97 Å². The first-order valence-electron chi connectivity index (χ1n) is 8.78. The van der Waals surface area contributed by atoms with Gasteiger partial charge in [-0.2, -0.15) is 4.98 Å². The number of carboxylic acids is 1. The predicted octanol–water partition coefficient (Wildman–Crippen LogP) is 4.09. The van der Waals surface area contributed by atoms with Crippen LogP contribution in [0.5, 0.6) is 0 Å². The second-order valence-electron chi connectivity index (χ2n) is 6.56. The summed E-state index contributed by atoms with van der Waals surface area (Å²) in [6.45, 7) is 0.140. The van der Waals surface area contributed by atoms with E-state index in [2.05, 4.69) is 9.97 Å². The van der Waals surface area contributed by atoms with Gasteiger partial charge in [0, 0.05) is 17.1 Å². The van der Waals surface area contributed by atoms with Crippen LogP contribution in [0.2, 0.25) is 10.0 Å². The first-order chi connectivity index (χ1) is 14.3. The average molecular weight is 441 g/mol. The fraction of sp³-hybridized carbons (Fsp3) is 0.0476. The zero-order chi connectivity index (χ0) is 21.4. The molecule has 3 N–H and O–H groups in total. The maximum Gasteiger partial charge on any atom is 0.335 e. The quantitative estimate of drug-likeness (QED) is 0.494. The molecular weight excluding hydrogens is 427 g/mol. The van der Waals surface area contributed by atoms with Crippen LogP contribution in [0.3, 0.4) is 0 Å². The first kappa shape index (κ1) is 19.9. The fourth-order valence-electron chi connectivity index (χ4n) is 3.19. The molecule has 0 saturated heterocycles. The number of nitrogen functional groups attached to an aromatic ring is 1. The second-order valence-corrected chi connectivity index (χ2v) is 7.37.